The van der Waals surface area contributed by atoms with Crippen LogP contribution in [-0.2, 0) is 0 Å². The molecule has 0 radical (unpaired) electrons. The normalized spacial score (nSPS) is 12.6. The fourth-order valence-electron chi connectivity index (χ4n) is 1.49. The Balaban J connectivity index is 2.77. The third-order valence-corrected chi connectivity index (χ3v) is 2.21. The first-order valence-electron chi connectivity index (χ1n) is 5.77. The molecule has 0 spiro atoms. The SMILES string of the molecule is CC(C)(C)NC(=O)NC(C(=N)N)c1ccccc1. The summed E-state index contributed by atoms with van der Waals surface area (Å²) in [7, 11) is 0. The molecule has 0 aliphatic heterocycles. The molecule has 18 heavy (non-hydrogen) atoms. The maximum absolute atomic E-state index is 11.8. The molecule has 5 nitrogen and oxygen atoms in total. The van der Waals surface area contributed by atoms with Crippen molar-refractivity contribution in [1.29, 1.82) is 5.41 Å². The number of nitrogens with two attached hydrogens (primary N) is 1. The van der Waals surface area contributed by atoms with Gasteiger partial charge in [-0.25, -0.2) is 4.79 Å². The third-order valence-electron chi connectivity index (χ3n) is 2.21. The molecule has 1 unspecified atom stereocenters. The summed E-state index contributed by atoms with van der Waals surface area (Å²) < 4.78 is 0. The zero-order chi connectivity index (χ0) is 13.8. The molecule has 5 heteroatoms. The first-order chi connectivity index (χ1) is 8.29. The minimum Gasteiger partial charge on any atom is -0.386 e. The summed E-state index contributed by atoms with van der Waals surface area (Å²) in [4.78, 5) is 11.8. The Labute approximate surface area is 107 Å². The number of hydrogen-bond donors (Lipinski definition) is 4. The van der Waals surface area contributed by atoms with Gasteiger partial charge in [0.2, 0.25) is 0 Å². The second-order valence-electron chi connectivity index (χ2n) is 5.15. The van der Waals surface area contributed by atoms with Gasteiger partial charge in [-0.3, -0.25) is 5.41 Å². The average molecular weight is 248 g/mol. The molecule has 1 atom stereocenters. The number of nitrogens with one attached hydrogen (secondary N) is 3. The van der Waals surface area contributed by atoms with Crippen molar-refractivity contribution in [2.45, 2.75) is 32.4 Å². The summed E-state index contributed by atoms with van der Waals surface area (Å²) in [5, 5.41) is 13.0. The Morgan fingerprint density at radius 3 is 2.28 bits per heavy atom. The Morgan fingerprint density at radius 2 is 1.83 bits per heavy atom. The number of rotatable bonds is 3. The van der Waals surface area contributed by atoms with Gasteiger partial charge in [-0.05, 0) is 26.3 Å². The first kappa shape index (κ1) is 14.0. The van der Waals surface area contributed by atoms with Crippen LogP contribution in [0.4, 0.5) is 4.79 Å². The minimum atomic E-state index is -0.603. The van der Waals surface area contributed by atoms with E-state index in [-0.39, 0.29) is 17.4 Å². The minimum absolute atomic E-state index is 0.0924. The van der Waals surface area contributed by atoms with E-state index in [0.29, 0.717) is 0 Å². The fraction of sp³-hybridized carbons (Fsp3) is 0.385. The number of amidine groups is 1. The molecule has 0 heterocycles. The van der Waals surface area contributed by atoms with E-state index in [1.807, 2.05) is 51.1 Å². The number of hydrogen-bond acceptors (Lipinski definition) is 2. The molecule has 0 aromatic heterocycles. The van der Waals surface area contributed by atoms with E-state index < -0.39 is 6.04 Å². The van der Waals surface area contributed by atoms with E-state index in [4.69, 9.17) is 11.1 Å². The lowest BCUT2D eigenvalue weighted by atomic mass is 10.1. The Kier molecular flexibility index (Phi) is 4.31. The van der Waals surface area contributed by atoms with Gasteiger partial charge in [0, 0.05) is 5.54 Å². The molecule has 0 aliphatic rings. The van der Waals surface area contributed by atoms with Crippen molar-refractivity contribution in [2.75, 3.05) is 0 Å². The van der Waals surface area contributed by atoms with E-state index in [9.17, 15) is 4.79 Å². The maximum atomic E-state index is 11.8. The Morgan fingerprint density at radius 1 is 1.28 bits per heavy atom. The van der Waals surface area contributed by atoms with E-state index in [2.05, 4.69) is 10.6 Å². The van der Waals surface area contributed by atoms with Crippen LogP contribution in [0, 0.1) is 5.41 Å². The summed E-state index contributed by atoms with van der Waals surface area (Å²) in [6, 6.07) is 8.26. The molecule has 1 aromatic rings. The van der Waals surface area contributed by atoms with Crippen LogP contribution >= 0.6 is 0 Å². The number of carbonyl (C=O) groups excluding carboxylic acids is 1. The highest BCUT2D eigenvalue weighted by Crippen LogP contribution is 2.12. The molecule has 0 aliphatic carbocycles. The zero-order valence-corrected chi connectivity index (χ0v) is 10.9. The van der Waals surface area contributed by atoms with Crippen molar-refractivity contribution < 1.29 is 4.79 Å². The van der Waals surface area contributed by atoms with Gasteiger partial charge in [-0.2, -0.15) is 0 Å². The summed E-state index contributed by atoms with van der Waals surface area (Å²) in [5.41, 5.74) is 5.98. The molecule has 0 fully saturated rings. The molecular formula is C13H20N4O. The Bertz CT molecular complexity index is 422. The molecule has 2 amide bonds. The van der Waals surface area contributed by atoms with Crippen molar-refractivity contribution >= 4 is 11.9 Å². The predicted molar refractivity (Wildman–Crippen MR) is 72.5 cm³/mol. The van der Waals surface area contributed by atoms with Crippen molar-refractivity contribution in [3.8, 4) is 0 Å². The number of amides is 2. The van der Waals surface area contributed by atoms with Gasteiger partial charge in [-0.1, -0.05) is 30.3 Å². The van der Waals surface area contributed by atoms with Crippen molar-refractivity contribution in [1.82, 2.24) is 10.6 Å². The average Bonchev–Trinajstić information content (AvgIpc) is 2.24. The van der Waals surface area contributed by atoms with Crippen LogP contribution in [-0.4, -0.2) is 17.4 Å². The largest absolute Gasteiger partial charge is 0.386 e. The zero-order valence-electron chi connectivity index (χ0n) is 10.9. The van der Waals surface area contributed by atoms with Crippen molar-refractivity contribution in [3.05, 3.63) is 35.9 Å². The second kappa shape index (κ2) is 5.53. The predicted octanol–water partition coefficient (Wildman–Crippen LogP) is 1.76. The Hall–Kier alpha value is -2.04. The van der Waals surface area contributed by atoms with Gasteiger partial charge in [0.25, 0.3) is 0 Å². The number of benzene rings is 1. The highest BCUT2D eigenvalue weighted by molar-refractivity contribution is 5.88. The molecule has 1 rings (SSSR count). The van der Waals surface area contributed by atoms with Crippen LogP contribution in [0.1, 0.15) is 32.4 Å². The quantitative estimate of drug-likeness (QED) is 0.485. The van der Waals surface area contributed by atoms with Crippen molar-refractivity contribution in [3.63, 3.8) is 0 Å². The van der Waals surface area contributed by atoms with Crippen molar-refractivity contribution in [2.24, 2.45) is 5.73 Å². The molecular weight excluding hydrogens is 228 g/mol. The van der Waals surface area contributed by atoms with Gasteiger partial charge in [0.1, 0.15) is 11.9 Å². The van der Waals surface area contributed by atoms with Gasteiger partial charge in [0.15, 0.2) is 0 Å². The second-order valence-corrected chi connectivity index (χ2v) is 5.15. The molecule has 5 N–H and O–H groups in total. The lowest BCUT2D eigenvalue weighted by Crippen LogP contribution is -2.49. The van der Waals surface area contributed by atoms with Crippen LogP contribution < -0.4 is 16.4 Å². The van der Waals surface area contributed by atoms with Crippen LogP contribution in [0.5, 0.6) is 0 Å². The highest BCUT2D eigenvalue weighted by Gasteiger charge is 2.20. The molecule has 0 saturated carbocycles. The summed E-state index contributed by atoms with van der Waals surface area (Å²) >= 11 is 0. The monoisotopic (exact) mass is 248 g/mol. The topological polar surface area (TPSA) is 91.0 Å². The molecule has 0 saturated heterocycles. The third kappa shape index (κ3) is 4.45. The lowest BCUT2D eigenvalue weighted by molar-refractivity contribution is 0.230. The lowest BCUT2D eigenvalue weighted by Gasteiger charge is -2.24. The fourth-order valence-corrected chi connectivity index (χ4v) is 1.49. The van der Waals surface area contributed by atoms with Gasteiger partial charge < -0.3 is 16.4 Å². The standard InChI is InChI=1S/C13H20N4O/c1-13(2,3)17-12(18)16-10(11(14)15)9-7-5-4-6-8-9/h4-8,10H,1-3H3,(H3,14,15)(H2,16,17,18). The van der Waals surface area contributed by atoms with E-state index in [1.54, 1.807) is 0 Å². The molecule has 98 valence electrons. The first-order valence-corrected chi connectivity index (χ1v) is 5.77. The van der Waals surface area contributed by atoms with Gasteiger partial charge in [-0.15, -0.1) is 0 Å². The van der Waals surface area contributed by atoms with E-state index in [1.165, 1.54) is 0 Å². The van der Waals surface area contributed by atoms with Crippen LogP contribution in [0.3, 0.4) is 0 Å². The molecule has 0 bridgehead atoms. The summed E-state index contributed by atoms with van der Waals surface area (Å²) in [6.07, 6.45) is 0. The summed E-state index contributed by atoms with van der Waals surface area (Å²) in [6.45, 7) is 5.66. The smallest absolute Gasteiger partial charge is 0.316 e. The van der Waals surface area contributed by atoms with Crippen LogP contribution in [0.25, 0.3) is 0 Å². The molecule has 1 aromatic carbocycles. The van der Waals surface area contributed by atoms with Gasteiger partial charge in [0.05, 0.1) is 0 Å². The number of carbonyl (C=O) groups is 1. The maximum Gasteiger partial charge on any atom is 0.316 e. The van der Waals surface area contributed by atoms with E-state index >= 15 is 0 Å². The highest BCUT2D eigenvalue weighted by atomic mass is 16.2. The van der Waals surface area contributed by atoms with Gasteiger partial charge >= 0.3 is 6.03 Å². The van der Waals surface area contributed by atoms with Crippen LogP contribution in [0.2, 0.25) is 0 Å². The number of urea groups is 1. The van der Waals surface area contributed by atoms with E-state index in [0.717, 1.165) is 5.56 Å². The van der Waals surface area contributed by atoms with Crippen LogP contribution in [0.15, 0.2) is 30.3 Å². The summed E-state index contributed by atoms with van der Waals surface area (Å²) in [5.74, 6) is -0.0924.